The Morgan fingerprint density at radius 2 is 1.90 bits per heavy atom. The normalized spacial score (nSPS) is 14.2. The number of rotatable bonds is 8. The van der Waals surface area contributed by atoms with Gasteiger partial charge in [-0.05, 0) is 19.3 Å². The van der Waals surface area contributed by atoms with Gasteiger partial charge < -0.3 is 5.32 Å². The first-order valence-corrected chi connectivity index (χ1v) is 8.48. The number of H-pyrrole nitrogens is 1. The third kappa shape index (κ3) is 5.22. The molecule has 1 atom stereocenters. The van der Waals surface area contributed by atoms with Crippen LogP contribution in [0.5, 0.6) is 0 Å². The van der Waals surface area contributed by atoms with Crippen molar-refractivity contribution in [3.8, 4) is 0 Å². The van der Waals surface area contributed by atoms with E-state index >= 15 is 0 Å². The molecule has 3 N–H and O–H groups in total. The molecule has 1 rings (SSSR count). The van der Waals surface area contributed by atoms with Gasteiger partial charge in [-0.3, -0.25) is 5.10 Å². The summed E-state index contributed by atoms with van der Waals surface area (Å²) < 4.78 is 27.4. The van der Waals surface area contributed by atoms with Gasteiger partial charge in [-0.15, -0.1) is 0 Å². The van der Waals surface area contributed by atoms with Gasteiger partial charge in [0.2, 0.25) is 0 Å². The van der Waals surface area contributed by atoms with Gasteiger partial charge in [-0.2, -0.15) is 5.10 Å². The predicted octanol–water partition coefficient (Wildman–Crippen LogP) is 1.62. The van der Waals surface area contributed by atoms with Gasteiger partial charge >= 0.3 is 0 Å². The molecule has 116 valence electrons. The van der Waals surface area contributed by atoms with E-state index in [1.807, 2.05) is 20.8 Å². The van der Waals surface area contributed by atoms with Crippen LogP contribution in [-0.4, -0.2) is 30.7 Å². The smallest absolute Gasteiger partial charge is 0.258 e. The second kappa shape index (κ2) is 7.19. The Morgan fingerprint density at radius 3 is 2.45 bits per heavy atom. The second-order valence-corrected chi connectivity index (χ2v) is 7.56. The Hall–Kier alpha value is -0.920. The highest BCUT2D eigenvalue weighted by Gasteiger charge is 2.23. The van der Waals surface area contributed by atoms with Crippen molar-refractivity contribution in [3.05, 3.63) is 11.8 Å². The Balaban J connectivity index is 2.80. The first-order chi connectivity index (χ1) is 9.22. The summed E-state index contributed by atoms with van der Waals surface area (Å²) in [6, 6.07) is 0.183. The molecule has 0 amide bonds. The molecule has 0 aromatic carbocycles. The van der Waals surface area contributed by atoms with Crippen LogP contribution in [0.3, 0.4) is 0 Å². The average molecular weight is 302 g/mol. The SMILES string of the molecule is CC(C)CC(C)NS(=O)(=O)c1[nH]ncc1CNC(C)C. The summed E-state index contributed by atoms with van der Waals surface area (Å²) in [7, 11) is -3.55. The Bertz CT molecular complexity index is 508. The molecular weight excluding hydrogens is 276 g/mol. The van der Waals surface area contributed by atoms with Crippen LogP contribution in [-0.2, 0) is 16.6 Å². The van der Waals surface area contributed by atoms with Crippen LogP contribution >= 0.6 is 0 Å². The molecule has 0 bridgehead atoms. The summed E-state index contributed by atoms with van der Waals surface area (Å²) in [5.74, 6) is 0.441. The molecule has 0 aliphatic carbocycles. The minimum Gasteiger partial charge on any atom is -0.310 e. The second-order valence-electron chi connectivity index (χ2n) is 5.91. The summed E-state index contributed by atoms with van der Waals surface area (Å²) >= 11 is 0. The third-order valence-corrected chi connectivity index (χ3v) is 4.43. The summed E-state index contributed by atoms with van der Waals surface area (Å²) in [4.78, 5) is 0. The zero-order chi connectivity index (χ0) is 15.3. The van der Waals surface area contributed by atoms with E-state index in [4.69, 9.17) is 0 Å². The lowest BCUT2D eigenvalue weighted by molar-refractivity contribution is 0.480. The van der Waals surface area contributed by atoms with E-state index in [2.05, 4.69) is 34.1 Å². The Morgan fingerprint density at radius 1 is 1.25 bits per heavy atom. The zero-order valence-electron chi connectivity index (χ0n) is 12.9. The summed E-state index contributed by atoms with van der Waals surface area (Å²) in [6.45, 7) is 10.5. The first-order valence-electron chi connectivity index (χ1n) is 7.00. The monoisotopic (exact) mass is 302 g/mol. The van der Waals surface area contributed by atoms with Crippen molar-refractivity contribution in [1.82, 2.24) is 20.2 Å². The molecular formula is C13H26N4O2S. The zero-order valence-corrected chi connectivity index (χ0v) is 13.7. The van der Waals surface area contributed by atoms with Crippen LogP contribution < -0.4 is 10.0 Å². The highest BCUT2D eigenvalue weighted by Crippen LogP contribution is 2.14. The van der Waals surface area contributed by atoms with Crippen LogP contribution in [0, 0.1) is 5.92 Å². The van der Waals surface area contributed by atoms with Gasteiger partial charge in [0.05, 0.1) is 6.20 Å². The quantitative estimate of drug-likeness (QED) is 0.681. The van der Waals surface area contributed by atoms with E-state index < -0.39 is 10.0 Å². The van der Waals surface area contributed by atoms with Crippen LogP contribution in [0.25, 0.3) is 0 Å². The van der Waals surface area contributed by atoms with Crippen LogP contribution in [0.1, 0.15) is 46.6 Å². The number of hydrogen-bond donors (Lipinski definition) is 3. The number of aromatic nitrogens is 2. The Labute approximate surface area is 121 Å². The summed E-state index contributed by atoms with van der Waals surface area (Å²) in [5, 5.41) is 9.79. The standard InChI is InChI=1S/C13H26N4O2S/c1-9(2)6-11(5)17-20(18,19)13-12(8-15-16-13)7-14-10(3)4/h8-11,14,17H,6-7H2,1-5H3,(H,15,16). The molecule has 0 saturated carbocycles. The van der Waals surface area contributed by atoms with Crippen LogP contribution in [0.2, 0.25) is 0 Å². The van der Waals surface area contributed by atoms with Crippen molar-refractivity contribution < 1.29 is 8.42 Å². The minimum atomic E-state index is -3.55. The molecule has 20 heavy (non-hydrogen) atoms. The van der Waals surface area contributed by atoms with Gasteiger partial charge in [-0.25, -0.2) is 13.1 Å². The highest BCUT2D eigenvalue weighted by atomic mass is 32.2. The van der Waals surface area contributed by atoms with Gasteiger partial charge in [0.1, 0.15) is 0 Å². The maximum absolute atomic E-state index is 12.3. The van der Waals surface area contributed by atoms with Gasteiger partial charge in [0, 0.05) is 24.2 Å². The molecule has 0 aliphatic rings. The van der Waals surface area contributed by atoms with E-state index in [1.54, 1.807) is 6.20 Å². The molecule has 6 nitrogen and oxygen atoms in total. The first kappa shape index (κ1) is 17.1. The van der Waals surface area contributed by atoms with E-state index in [9.17, 15) is 8.42 Å². The van der Waals surface area contributed by atoms with Gasteiger partial charge in [0.15, 0.2) is 5.03 Å². The van der Waals surface area contributed by atoms with Gasteiger partial charge in [0.25, 0.3) is 10.0 Å². The van der Waals surface area contributed by atoms with E-state index in [0.717, 1.165) is 6.42 Å². The van der Waals surface area contributed by atoms with E-state index in [0.29, 0.717) is 18.0 Å². The topological polar surface area (TPSA) is 86.9 Å². The largest absolute Gasteiger partial charge is 0.310 e. The Kier molecular flexibility index (Phi) is 6.16. The van der Waals surface area contributed by atoms with E-state index in [-0.39, 0.29) is 17.1 Å². The maximum atomic E-state index is 12.3. The summed E-state index contributed by atoms with van der Waals surface area (Å²) in [5.41, 5.74) is 0.656. The van der Waals surface area contributed by atoms with Crippen molar-refractivity contribution >= 4 is 10.0 Å². The van der Waals surface area contributed by atoms with Crippen molar-refractivity contribution in [2.75, 3.05) is 0 Å². The van der Waals surface area contributed by atoms with E-state index in [1.165, 1.54) is 0 Å². The lowest BCUT2D eigenvalue weighted by atomic mass is 10.1. The van der Waals surface area contributed by atoms with Crippen molar-refractivity contribution in [1.29, 1.82) is 0 Å². The average Bonchev–Trinajstić information content (AvgIpc) is 2.72. The van der Waals surface area contributed by atoms with Crippen LogP contribution in [0.4, 0.5) is 0 Å². The number of sulfonamides is 1. The molecule has 0 aliphatic heterocycles. The molecule has 0 fully saturated rings. The molecule has 1 unspecified atom stereocenters. The lowest BCUT2D eigenvalue weighted by Crippen LogP contribution is -2.34. The van der Waals surface area contributed by atoms with Crippen molar-refractivity contribution in [2.45, 2.75) is 64.7 Å². The molecule has 1 aromatic heterocycles. The fourth-order valence-corrected chi connectivity index (χ4v) is 3.44. The fourth-order valence-electron chi connectivity index (χ4n) is 2.05. The lowest BCUT2D eigenvalue weighted by Gasteiger charge is -2.16. The van der Waals surface area contributed by atoms with Crippen molar-refractivity contribution in [3.63, 3.8) is 0 Å². The number of aromatic amines is 1. The predicted molar refractivity (Wildman–Crippen MR) is 79.8 cm³/mol. The molecule has 0 spiro atoms. The van der Waals surface area contributed by atoms with Gasteiger partial charge in [-0.1, -0.05) is 27.7 Å². The molecule has 0 saturated heterocycles. The minimum absolute atomic E-state index is 0.103. The van der Waals surface area contributed by atoms with Crippen LogP contribution in [0.15, 0.2) is 11.2 Å². The number of nitrogens with zero attached hydrogens (tertiary/aromatic N) is 1. The summed E-state index contributed by atoms with van der Waals surface area (Å²) in [6.07, 6.45) is 2.35. The highest BCUT2D eigenvalue weighted by molar-refractivity contribution is 7.89. The molecule has 7 heteroatoms. The maximum Gasteiger partial charge on any atom is 0.258 e. The fraction of sp³-hybridized carbons (Fsp3) is 0.769. The molecule has 1 aromatic rings. The molecule has 1 heterocycles. The van der Waals surface area contributed by atoms with Crippen molar-refractivity contribution in [2.24, 2.45) is 5.92 Å². The third-order valence-electron chi connectivity index (χ3n) is 2.83. The number of hydrogen-bond acceptors (Lipinski definition) is 4. The molecule has 0 radical (unpaired) electrons. The number of nitrogens with one attached hydrogen (secondary N) is 3.